The first-order chi connectivity index (χ1) is 6.31. The Morgan fingerprint density at radius 1 is 1.46 bits per heavy atom. The number of anilines is 1. The van der Waals surface area contributed by atoms with Crippen LogP contribution in [0.1, 0.15) is 6.92 Å². The number of allylic oxidation sites excluding steroid dienone is 1. The molecule has 1 heterocycles. The molecule has 0 bridgehead atoms. The van der Waals surface area contributed by atoms with Crippen molar-refractivity contribution in [3.63, 3.8) is 0 Å². The smallest absolute Gasteiger partial charge is 0.0971 e. The summed E-state index contributed by atoms with van der Waals surface area (Å²) in [7, 11) is 0. The van der Waals surface area contributed by atoms with E-state index in [9.17, 15) is 0 Å². The number of thioether (sulfide) groups is 1. The van der Waals surface area contributed by atoms with Crippen molar-refractivity contribution in [2.24, 2.45) is 0 Å². The normalized spacial score (nSPS) is 17.2. The first kappa shape index (κ1) is 8.21. The summed E-state index contributed by atoms with van der Waals surface area (Å²) in [6.45, 7) is 1.82. The number of rotatable bonds is 0. The third kappa shape index (κ3) is 1.41. The molecule has 1 N–H and O–H groups in total. The van der Waals surface area contributed by atoms with Crippen LogP contribution in [0.5, 0.6) is 0 Å². The molecule has 0 saturated heterocycles. The van der Waals surface area contributed by atoms with Gasteiger partial charge in [0.15, 0.2) is 0 Å². The Morgan fingerprint density at radius 2 is 2.23 bits per heavy atom. The van der Waals surface area contributed by atoms with Gasteiger partial charge in [-0.3, -0.25) is 0 Å². The molecule has 1 aromatic carbocycles. The number of nitrogens with one attached hydrogen (secondary N) is 1. The van der Waals surface area contributed by atoms with Crippen molar-refractivity contribution >= 4 is 17.4 Å². The lowest BCUT2D eigenvalue weighted by molar-refractivity contribution is 1.40. The summed E-state index contributed by atoms with van der Waals surface area (Å²) in [4.78, 5) is 1.19. The quantitative estimate of drug-likeness (QED) is 0.636. The van der Waals surface area contributed by atoms with Gasteiger partial charge in [0.1, 0.15) is 0 Å². The fourth-order valence-electron chi connectivity index (χ4n) is 1.14. The highest BCUT2D eigenvalue weighted by atomic mass is 32.2. The van der Waals surface area contributed by atoms with E-state index in [4.69, 9.17) is 5.26 Å². The zero-order valence-electron chi connectivity index (χ0n) is 7.16. The van der Waals surface area contributed by atoms with Crippen LogP contribution in [0.2, 0.25) is 0 Å². The van der Waals surface area contributed by atoms with Crippen molar-refractivity contribution in [1.82, 2.24) is 0 Å². The van der Waals surface area contributed by atoms with E-state index >= 15 is 0 Å². The van der Waals surface area contributed by atoms with E-state index in [1.807, 2.05) is 31.2 Å². The van der Waals surface area contributed by atoms with Crippen molar-refractivity contribution in [1.29, 1.82) is 5.26 Å². The number of hydrogen-bond acceptors (Lipinski definition) is 3. The molecule has 64 valence electrons. The molecule has 0 radical (unpaired) electrons. The molecule has 3 heteroatoms. The Balaban J connectivity index is 2.39. The van der Waals surface area contributed by atoms with E-state index in [1.54, 1.807) is 11.8 Å². The SMILES string of the molecule is C/C(C#N)=C1/Nc2ccccc2S1. The van der Waals surface area contributed by atoms with Crippen LogP contribution in [-0.4, -0.2) is 0 Å². The predicted octanol–water partition coefficient (Wildman–Crippen LogP) is 2.96. The molecule has 0 atom stereocenters. The maximum Gasteiger partial charge on any atom is 0.0971 e. The van der Waals surface area contributed by atoms with Gasteiger partial charge in [-0.2, -0.15) is 5.26 Å². The second-order valence-corrected chi connectivity index (χ2v) is 3.84. The van der Waals surface area contributed by atoms with Crippen LogP contribution in [0, 0.1) is 11.3 Å². The van der Waals surface area contributed by atoms with Crippen molar-refractivity contribution in [3.8, 4) is 6.07 Å². The van der Waals surface area contributed by atoms with Crippen LogP contribution in [0.4, 0.5) is 5.69 Å². The van der Waals surface area contributed by atoms with Gasteiger partial charge in [0, 0.05) is 4.90 Å². The molecule has 0 aromatic heterocycles. The Hall–Kier alpha value is -1.40. The van der Waals surface area contributed by atoms with Crippen LogP contribution >= 0.6 is 11.8 Å². The maximum absolute atomic E-state index is 8.71. The highest BCUT2D eigenvalue weighted by Crippen LogP contribution is 2.41. The first-order valence-electron chi connectivity index (χ1n) is 3.96. The molecule has 0 unspecified atom stereocenters. The van der Waals surface area contributed by atoms with E-state index in [0.29, 0.717) is 0 Å². The molecule has 0 spiro atoms. The Labute approximate surface area is 81.3 Å². The number of fused-ring (bicyclic) bond motifs is 1. The van der Waals surface area contributed by atoms with E-state index in [1.165, 1.54) is 4.90 Å². The molecular weight excluding hydrogens is 180 g/mol. The van der Waals surface area contributed by atoms with Crippen LogP contribution in [-0.2, 0) is 0 Å². The van der Waals surface area contributed by atoms with Crippen LogP contribution in [0.25, 0.3) is 0 Å². The molecule has 2 rings (SSSR count). The average Bonchev–Trinajstić information content (AvgIpc) is 2.59. The summed E-state index contributed by atoms with van der Waals surface area (Å²) < 4.78 is 0. The fraction of sp³-hybridized carbons (Fsp3) is 0.100. The molecule has 1 aliphatic rings. The van der Waals surface area contributed by atoms with Gasteiger partial charge in [-0.25, -0.2) is 0 Å². The minimum Gasteiger partial charge on any atom is -0.348 e. The lowest BCUT2D eigenvalue weighted by atomic mass is 10.3. The van der Waals surface area contributed by atoms with Crippen molar-refractivity contribution in [2.75, 3.05) is 5.32 Å². The monoisotopic (exact) mass is 188 g/mol. The third-order valence-corrected chi connectivity index (χ3v) is 3.04. The molecule has 1 aliphatic heterocycles. The van der Waals surface area contributed by atoms with E-state index in [-0.39, 0.29) is 0 Å². The van der Waals surface area contributed by atoms with Gasteiger partial charge in [0.25, 0.3) is 0 Å². The Morgan fingerprint density at radius 3 is 2.92 bits per heavy atom. The highest BCUT2D eigenvalue weighted by Gasteiger charge is 2.16. The van der Waals surface area contributed by atoms with Crippen molar-refractivity contribution in [3.05, 3.63) is 34.9 Å². The predicted molar refractivity (Wildman–Crippen MR) is 54.2 cm³/mol. The first-order valence-corrected chi connectivity index (χ1v) is 4.78. The van der Waals surface area contributed by atoms with Gasteiger partial charge < -0.3 is 5.32 Å². The zero-order chi connectivity index (χ0) is 9.26. The second kappa shape index (κ2) is 3.15. The van der Waals surface area contributed by atoms with E-state index in [2.05, 4.69) is 11.4 Å². The lowest BCUT2D eigenvalue weighted by Crippen LogP contribution is -1.90. The molecule has 13 heavy (non-hydrogen) atoms. The number of nitrogens with zero attached hydrogens (tertiary/aromatic N) is 1. The summed E-state index contributed by atoms with van der Waals surface area (Å²) >= 11 is 1.61. The lowest BCUT2D eigenvalue weighted by Gasteiger charge is -1.97. The second-order valence-electron chi connectivity index (χ2n) is 2.79. The van der Waals surface area contributed by atoms with Gasteiger partial charge in [-0.05, 0) is 19.1 Å². The number of benzene rings is 1. The fourth-order valence-corrected chi connectivity index (χ4v) is 2.09. The average molecular weight is 188 g/mol. The molecule has 0 aliphatic carbocycles. The largest absolute Gasteiger partial charge is 0.348 e. The van der Waals surface area contributed by atoms with E-state index in [0.717, 1.165) is 16.3 Å². The Kier molecular flexibility index (Phi) is 1.99. The minimum absolute atomic E-state index is 0.737. The van der Waals surface area contributed by atoms with Gasteiger partial charge in [0.2, 0.25) is 0 Å². The molecule has 0 amide bonds. The van der Waals surface area contributed by atoms with Gasteiger partial charge in [-0.1, -0.05) is 23.9 Å². The minimum atomic E-state index is 0.737. The van der Waals surface area contributed by atoms with Crippen LogP contribution in [0.15, 0.2) is 39.8 Å². The molecule has 1 aromatic rings. The molecular formula is C10H8N2S. The van der Waals surface area contributed by atoms with Crippen molar-refractivity contribution < 1.29 is 0 Å². The van der Waals surface area contributed by atoms with Crippen LogP contribution < -0.4 is 5.32 Å². The summed E-state index contributed by atoms with van der Waals surface area (Å²) in [6.07, 6.45) is 0. The number of para-hydroxylation sites is 1. The van der Waals surface area contributed by atoms with Crippen molar-refractivity contribution in [2.45, 2.75) is 11.8 Å². The Bertz CT molecular complexity index is 388. The van der Waals surface area contributed by atoms with Gasteiger partial charge in [-0.15, -0.1) is 0 Å². The summed E-state index contributed by atoms with van der Waals surface area (Å²) in [5.74, 6) is 0. The highest BCUT2D eigenvalue weighted by molar-refractivity contribution is 8.03. The third-order valence-electron chi connectivity index (χ3n) is 1.86. The van der Waals surface area contributed by atoms with Gasteiger partial charge >= 0.3 is 0 Å². The number of nitriles is 1. The summed E-state index contributed by atoms with van der Waals surface area (Å²) in [5.41, 5.74) is 1.83. The summed E-state index contributed by atoms with van der Waals surface area (Å²) in [5, 5.41) is 12.9. The zero-order valence-corrected chi connectivity index (χ0v) is 7.98. The molecule has 0 fully saturated rings. The summed E-state index contributed by atoms with van der Waals surface area (Å²) in [6, 6.07) is 10.2. The van der Waals surface area contributed by atoms with E-state index < -0.39 is 0 Å². The maximum atomic E-state index is 8.71. The molecule has 2 nitrogen and oxygen atoms in total. The molecule has 0 saturated carbocycles. The van der Waals surface area contributed by atoms with Crippen LogP contribution in [0.3, 0.4) is 0 Å². The standard InChI is InChI=1S/C10H8N2S/c1-7(6-11)10-12-8-4-2-3-5-9(8)13-10/h2-5,12H,1H3/b10-7+. The van der Waals surface area contributed by atoms with Gasteiger partial charge in [0.05, 0.1) is 22.4 Å². The topological polar surface area (TPSA) is 35.8 Å². The number of hydrogen-bond donors (Lipinski definition) is 1.